The molecule has 0 aliphatic heterocycles. The van der Waals surface area contributed by atoms with Crippen LogP contribution in [-0.4, -0.2) is 23.3 Å². The highest BCUT2D eigenvalue weighted by molar-refractivity contribution is 8.00. The van der Waals surface area contributed by atoms with Crippen molar-refractivity contribution in [2.24, 2.45) is 4.99 Å². The molecule has 0 fully saturated rings. The topological polar surface area (TPSA) is 12.4 Å². The first kappa shape index (κ1) is 14.5. The van der Waals surface area contributed by atoms with Gasteiger partial charge in [0.15, 0.2) is 0 Å². The fraction of sp³-hybridized carbons (Fsp3) is 0.900. The summed E-state index contributed by atoms with van der Waals surface area (Å²) in [6.45, 7) is 12.5. The smallest absolute Gasteiger partial charge is 0.0448 e. The fourth-order valence-electron chi connectivity index (χ4n) is 0.381. The highest BCUT2D eigenvalue weighted by Gasteiger charge is 2.11. The third-order valence-electron chi connectivity index (χ3n) is 1.21. The lowest BCUT2D eigenvalue weighted by Crippen LogP contribution is -2.16. The summed E-state index contributed by atoms with van der Waals surface area (Å²) in [6.07, 6.45) is 4.13. The third kappa shape index (κ3) is 10.0. The van der Waals surface area contributed by atoms with Gasteiger partial charge in [0, 0.05) is 17.0 Å². The van der Waals surface area contributed by atoms with Crippen LogP contribution in [0.3, 0.4) is 0 Å². The van der Waals surface area contributed by atoms with Gasteiger partial charge in [-0.15, -0.1) is 0 Å². The summed E-state index contributed by atoms with van der Waals surface area (Å²) in [5.41, 5.74) is 0. The Hall–Kier alpha value is 0.0200. The molecule has 0 aromatic heterocycles. The minimum absolute atomic E-state index is 0.199. The lowest BCUT2D eigenvalue weighted by molar-refractivity contribution is 0.824. The standard InChI is InChI=1S/C8H17NS.C2H6/c1-7(2)9-6-8(3,4)10-5;1-2/h6-7H,1-5H3;1-2H3. The number of aliphatic imine (C=N–C) groups is 1. The van der Waals surface area contributed by atoms with Gasteiger partial charge in [0.1, 0.15) is 0 Å². The molecule has 0 aliphatic rings. The predicted octanol–water partition coefficient (Wildman–Crippen LogP) is 3.63. The van der Waals surface area contributed by atoms with E-state index in [0.717, 1.165) is 0 Å². The second-order valence-corrected chi connectivity index (χ2v) is 4.64. The second kappa shape index (κ2) is 7.66. The van der Waals surface area contributed by atoms with Crippen molar-refractivity contribution in [3.8, 4) is 0 Å². The van der Waals surface area contributed by atoms with Gasteiger partial charge in [-0.05, 0) is 34.0 Å². The van der Waals surface area contributed by atoms with Gasteiger partial charge in [0.2, 0.25) is 0 Å². The van der Waals surface area contributed by atoms with E-state index in [9.17, 15) is 0 Å². The minimum Gasteiger partial charge on any atom is -0.293 e. The first-order chi connectivity index (χ1) is 5.48. The summed E-state index contributed by atoms with van der Waals surface area (Å²) in [7, 11) is 0. The molecular formula is C10H23NS. The van der Waals surface area contributed by atoms with Crippen LogP contribution in [0, 0.1) is 0 Å². The molecule has 0 saturated heterocycles. The number of nitrogens with zero attached hydrogens (tertiary/aromatic N) is 1. The Balaban J connectivity index is 0. The Morgan fingerprint density at radius 1 is 1.25 bits per heavy atom. The second-order valence-electron chi connectivity index (χ2n) is 3.18. The van der Waals surface area contributed by atoms with Crippen molar-refractivity contribution in [2.45, 2.75) is 52.3 Å². The van der Waals surface area contributed by atoms with E-state index >= 15 is 0 Å². The van der Waals surface area contributed by atoms with E-state index in [0.29, 0.717) is 6.04 Å². The minimum atomic E-state index is 0.199. The Morgan fingerprint density at radius 3 is 1.92 bits per heavy atom. The van der Waals surface area contributed by atoms with Crippen molar-refractivity contribution >= 4 is 18.0 Å². The van der Waals surface area contributed by atoms with Crippen molar-refractivity contribution in [3.63, 3.8) is 0 Å². The molecule has 0 bridgehead atoms. The molecule has 1 nitrogen and oxygen atoms in total. The Labute approximate surface area is 82.0 Å². The maximum Gasteiger partial charge on any atom is 0.0448 e. The van der Waals surface area contributed by atoms with E-state index in [-0.39, 0.29) is 4.75 Å². The molecule has 0 saturated carbocycles. The zero-order valence-corrected chi connectivity index (χ0v) is 10.3. The predicted molar refractivity (Wildman–Crippen MR) is 62.6 cm³/mol. The zero-order chi connectivity index (χ0) is 10.2. The maximum atomic E-state index is 4.32. The maximum absolute atomic E-state index is 4.32. The SMILES string of the molecule is CC.CSC(C)(C)C=NC(C)C. The summed E-state index contributed by atoms with van der Waals surface area (Å²) in [6, 6.07) is 0.423. The van der Waals surface area contributed by atoms with Crippen LogP contribution in [0.25, 0.3) is 0 Å². The van der Waals surface area contributed by atoms with E-state index in [2.05, 4.69) is 38.9 Å². The molecule has 0 aromatic rings. The fourth-order valence-corrected chi connectivity index (χ4v) is 0.548. The van der Waals surface area contributed by atoms with Crippen molar-refractivity contribution in [1.29, 1.82) is 0 Å². The van der Waals surface area contributed by atoms with Gasteiger partial charge >= 0.3 is 0 Å². The molecule has 74 valence electrons. The van der Waals surface area contributed by atoms with Crippen LogP contribution in [-0.2, 0) is 0 Å². The van der Waals surface area contributed by atoms with Crippen molar-refractivity contribution in [1.82, 2.24) is 0 Å². The number of hydrogen-bond donors (Lipinski definition) is 0. The first-order valence-electron chi connectivity index (χ1n) is 4.57. The molecule has 0 radical (unpaired) electrons. The molecule has 0 unspecified atom stereocenters. The number of hydrogen-bond acceptors (Lipinski definition) is 2. The normalized spacial score (nSPS) is 11.7. The molecule has 0 rings (SSSR count). The van der Waals surface area contributed by atoms with E-state index < -0.39 is 0 Å². The highest BCUT2D eigenvalue weighted by atomic mass is 32.2. The van der Waals surface area contributed by atoms with E-state index in [1.54, 1.807) is 0 Å². The quantitative estimate of drug-likeness (QED) is 0.618. The van der Waals surface area contributed by atoms with Crippen LogP contribution in [0.4, 0.5) is 0 Å². The lowest BCUT2D eigenvalue weighted by atomic mass is 10.2. The van der Waals surface area contributed by atoms with Crippen LogP contribution in [0.2, 0.25) is 0 Å². The lowest BCUT2D eigenvalue weighted by Gasteiger charge is -2.15. The van der Waals surface area contributed by atoms with Crippen LogP contribution < -0.4 is 0 Å². The molecule has 0 heterocycles. The van der Waals surface area contributed by atoms with Crippen LogP contribution in [0.1, 0.15) is 41.5 Å². The molecule has 0 atom stereocenters. The molecular weight excluding hydrogens is 166 g/mol. The monoisotopic (exact) mass is 189 g/mol. The zero-order valence-electron chi connectivity index (χ0n) is 9.51. The van der Waals surface area contributed by atoms with Gasteiger partial charge in [-0.2, -0.15) is 11.8 Å². The largest absolute Gasteiger partial charge is 0.293 e. The first-order valence-corrected chi connectivity index (χ1v) is 5.80. The van der Waals surface area contributed by atoms with Gasteiger partial charge in [0.25, 0.3) is 0 Å². The third-order valence-corrected chi connectivity index (χ3v) is 2.37. The molecule has 2 heteroatoms. The van der Waals surface area contributed by atoms with Crippen LogP contribution >= 0.6 is 11.8 Å². The van der Waals surface area contributed by atoms with Crippen molar-refractivity contribution in [2.75, 3.05) is 6.26 Å². The van der Waals surface area contributed by atoms with Gasteiger partial charge in [0.05, 0.1) is 0 Å². The van der Waals surface area contributed by atoms with E-state index in [1.807, 2.05) is 31.8 Å². The molecule has 0 aliphatic carbocycles. The molecule has 12 heavy (non-hydrogen) atoms. The highest BCUT2D eigenvalue weighted by Crippen LogP contribution is 2.18. The van der Waals surface area contributed by atoms with Gasteiger partial charge in [-0.3, -0.25) is 4.99 Å². The molecule has 0 spiro atoms. The summed E-state index contributed by atoms with van der Waals surface area (Å²) in [5.74, 6) is 0. The Morgan fingerprint density at radius 2 is 1.67 bits per heavy atom. The van der Waals surface area contributed by atoms with Crippen molar-refractivity contribution < 1.29 is 0 Å². The molecule has 0 N–H and O–H groups in total. The van der Waals surface area contributed by atoms with E-state index in [4.69, 9.17) is 0 Å². The number of thioether (sulfide) groups is 1. The van der Waals surface area contributed by atoms with Crippen molar-refractivity contribution in [3.05, 3.63) is 0 Å². The summed E-state index contributed by atoms with van der Waals surface area (Å²) in [5, 5.41) is 0. The number of rotatable bonds is 3. The van der Waals surface area contributed by atoms with Crippen LogP contribution in [0.5, 0.6) is 0 Å². The van der Waals surface area contributed by atoms with Gasteiger partial charge in [-0.25, -0.2) is 0 Å². The molecule has 0 aromatic carbocycles. The summed E-state index contributed by atoms with van der Waals surface area (Å²) in [4.78, 5) is 4.32. The van der Waals surface area contributed by atoms with E-state index in [1.165, 1.54) is 0 Å². The Kier molecular flexibility index (Phi) is 9.28. The van der Waals surface area contributed by atoms with Crippen LogP contribution in [0.15, 0.2) is 4.99 Å². The van der Waals surface area contributed by atoms with Gasteiger partial charge in [-0.1, -0.05) is 13.8 Å². The average molecular weight is 189 g/mol. The van der Waals surface area contributed by atoms with Gasteiger partial charge < -0.3 is 0 Å². The summed E-state index contributed by atoms with van der Waals surface area (Å²) >= 11 is 1.82. The average Bonchev–Trinajstić information content (AvgIpc) is 2.05. The Bertz CT molecular complexity index is 117. The summed E-state index contributed by atoms with van der Waals surface area (Å²) < 4.78 is 0.199. The molecule has 0 amide bonds.